The number of anilines is 3. The fraction of sp³-hybridized carbons (Fsp3) is 0.231. The first-order valence-corrected chi connectivity index (χ1v) is 7.10. The molecule has 2 N–H and O–H groups in total. The fourth-order valence-corrected chi connectivity index (χ4v) is 2.06. The second kappa shape index (κ2) is 5.28. The highest BCUT2D eigenvalue weighted by molar-refractivity contribution is 14.1. The summed E-state index contributed by atoms with van der Waals surface area (Å²) in [6.45, 7) is 0. The van der Waals surface area contributed by atoms with Gasteiger partial charge >= 0.3 is 0 Å². The molecule has 4 nitrogen and oxygen atoms in total. The average molecular weight is 370 g/mol. The molecular formula is C13H12FIN4. The highest BCUT2D eigenvalue weighted by atomic mass is 127. The molecule has 1 aromatic heterocycles. The zero-order valence-corrected chi connectivity index (χ0v) is 12.2. The molecule has 0 saturated heterocycles. The number of halogens is 2. The summed E-state index contributed by atoms with van der Waals surface area (Å²) in [5.41, 5.74) is 0.638. The van der Waals surface area contributed by atoms with Crippen LogP contribution in [-0.4, -0.2) is 16.0 Å². The summed E-state index contributed by atoms with van der Waals surface area (Å²) in [6, 6.07) is 6.77. The SMILES string of the molecule is Fc1cccc(Nc2ncc(I)c(NC3CC3)n2)c1. The Morgan fingerprint density at radius 2 is 2.16 bits per heavy atom. The van der Waals surface area contributed by atoms with Gasteiger partial charge in [0.1, 0.15) is 11.6 Å². The molecule has 0 radical (unpaired) electrons. The third-order valence-corrected chi connectivity index (χ3v) is 3.53. The minimum Gasteiger partial charge on any atom is -0.366 e. The lowest BCUT2D eigenvalue weighted by Gasteiger charge is -2.09. The minimum absolute atomic E-state index is 0.285. The molecule has 1 fully saturated rings. The monoisotopic (exact) mass is 370 g/mol. The van der Waals surface area contributed by atoms with Gasteiger partial charge in [-0.3, -0.25) is 0 Å². The zero-order chi connectivity index (χ0) is 13.2. The highest BCUT2D eigenvalue weighted by Gasteiger charge is 2.22. The van der Waals surface area contributed by atoms with E-state index in [9.17, 15) is 4.39 Å². The van der Waals surface area contributed by atoms with Crippen LogP contribution in [0.2, 0.25) is 0 Å². The van der Waals surface area contributed by atoms with Crippen molar-refractivity contribution >= 4 is 40.0 Å². The standard InChI is InChI=1S/C13H12FIN4/c14-8-2-1-3-10(6-8)18-13-16-7-11(15)12(19-13)17-9-4-5-9/h1-3,6-7,9H,4-5H2,(H2,16,17,18,19). The van der Waals surface area contributed by atoms with Gasteiger partial charge in [0, 0.05) is 17.9 Å². The van der Waals surface area contributed by atoms with E-state index in [1.807, 2.05) is 0 Å². The van der Waals surface area contributed by atoms with Crippen LogP contribution in [0.15, 0.2) is 30.5 Å². The van der Waals surface area contributed by atoms with E-state index in [-0.39, 0.29) is 5.82 Å². The van der Waals surface area contributed by atoms with Crippen LogP contribution in [-0.2, 0) is 0 Å². The van der Waals surface area contributed by atoms with Crippen LogP contribution < -0.4 is 10.6 Å². The van der Waals surface area contributed by atoms with Crippen molar-refractivity contribution in [2.45, 2.75) is 18.9 Å². The highest BCUT2D eigenvalue weighted by Crippen LogP contribution is 2.27. The molecule has 2 aromatic rings. The van der Waals surface area contributed by atoms with E-state index in [1.165, 1.54) is 25.0 Å². The molecule has 1 aromatic carbocycles. The summed E-state index contributed by atoms with van der Waals surface area (Å²) < 4.78 is 14.1. The Labute approximate surface area is 124 Å². The lowest BCUT2D eigenvalue weighted by molar-refractivity contribution is 0.628. The summed E-state index contributed by atoms with van der Waals surface area (Å²) >= 11 is 2.20. The van der Waals surface area contributed by atoms with Gasteiger partial charge in [-0.25, -0.2) is 9.37 Å². The van der Waals surface area contributed by atoms with Gasteiger partial charge in [-0.1, -0.05) is 6.07 Å². The van der Waals surface area contributed by atoms with E-state index in [0.717, 1.165) is 9.39 Å². The Morgan fingerprint density at radius 3 is 2.89 bits per heavy atom. The molecule has 6 heteroatoms. The lowest BCUT2D eigenvalue weighted by atomic mass is 10.3. The van der Waals surface area contributed by atoms with Crippen LogP contribution in [0, 0.1) is 9.39 Å². The molecule has 98 valence electrons. The predicted octanol–water partition coefficient (Wildman–Crippen LogP) is 3.54. The van der Waals surface area contributed by atoms with Crippen LogP contribution in [0.25, 0.3) is 0 Å². The second-order valence-corrected chi connectivity index (χ2v) is 5.61. The minimum atomic E-state index is -0.285. The van der Waals surface area contributed by atoms with Gasteiger partial charge < -0.3 is 10.6 Å². The van der Waals surface area contributed by atoms with Crippen molar-refractivity contribution in [3.8, 4) is 0 Å². The molecule has 0 spiro atoms. The molecule has 1 aliphatic carbocycles. The topological polar surface area (TPSA) is 49.8 Å². The third-order valence-electron chi connectivity index (χ3n) is 2.74. The Hall–Kier alpha value is -1.44. The van der Waals surface area contributed by atoms with Gasteiger partial charge in [-0.2, -0.15) is 4.98 Å². The molecule has 1 aliphatic rings. The van der Waals surface area contributed by atoms with E-state index >= 15 is 0 Å². The predicted molar refractivity (Wildman–Crippen MR) is 81.1 cm³/mol. The molecule has 19 heavy (non-hydrogen) atoms. The van der Waals surface area contributed by atoms with Gasteiger partial charge in [0.15, 0.2) is 0 Å². The normalized spacial score (nSPS) is 14.2. The molecule has 1 saturated carbocycles. The maximum atomic E-state index is 13.1. The van der Waals surface area contributed by atoms with Gasteiger partial charge in [0.25, 0.3) is 0 Å². The molecule has 0 atom stereocenters. The smallest absolute Gasteiger partial charge is 0.229 e. The second-order valence-electron chi connectivity index (χ2n) is 4.44. The van der Waals surface area contributed by atoms with E-state index < -0.39 is 0 Å². The largest absolute Gasteiger partial charge is 0.366 e. The maximum absolute atomic E-state index is 13.1. The summed E-state index contributed by atoms with van der Waals surface area (Å²) in [5, 5.41) is 6.35. The van der Waals surface area contributed by atoms with E-state index in [0.29, 0.717) is 17.7 Å². The van der Waals surface area contributed by atoms with Crippen LogP contribution in [0.3, 0.4) is 0 Å². The molecule has 0 unspecified atom stereocenters. The van der Waals surface area contributed by atoms with Crippen molar-refractivity contribution in [1.29, 1.82) is 0 Å². The van der Waals surface area contributed by atoms with Crippen molar-refractivity contribution in [2.24, 2.45) is 0 Å². The van der Waals surface area contributed by atoms with Crippen LogP contribution in [0.1, 0.15) is 12.8 Å². The number of rotatable bonds is 4. The van der Waals surface area contributed by atoms with Crippen molar-refractivity contribution < 1.29 is 4.39 Å². The summed E-state index contributed by atoms with van der Waals surface area (Å²) in [4.78, 5) is 8.61. The Balaban J connectivity index is 1.80. The van der Waals surface area contributed by atoms with Crippen molar-refractivity contribution in [2.75, 3.05) is 10.6 Å². The number of aromatic nitrogens is 2. The number of hydrogen-bond acceptors (Lipinski definition) is 4. The van der Waals surface area contributed by atoms with E-state index in [2.05, 4.69) is 43.2 Å². The molecular weight excluding hydrogens is 358 g/mol. The molecule has 3 rings (SSSR count). The van der Waals surface area contributed by atoms with Crippen molar-refractivity contribution in [3.05, 3.63) is 39.8 Å². The maximum Gasteiger partial charge on any atom is 0.229 e. The van der Waals surface area contributed by atoms with Gasteiger partial charge in [-0.05, 0) is 53.6 Å². The van der Waals surface area contributed by atoms with Gasteiger partial charge in [0.2, 0.25) is 5.95 Å². The lowest BCUT2D eigenvalue weighted by Crippen LogP contribution is -2.07. The summed E-state index contributed by atoms with van der Waals surface area (Å²) in [7, 11) is 0. The van der Waals surface area contributed by atoms with Crippen LogP contribution in [0.5, 0.6) is 0 Å². The van der Waals surface area contributed by atoms with Crippen LogP contribution >= 0.6 is 22.6 Å². The van der Waals surface area contributed by atoms with E-state index in [4.69, 9.17) is 0 Å². The number of benzene rings is 1. The average Bonchev–Trinajstić information content (AvgIpc) is 3.17. The molecule has 0 bridgehead atoms. The number of nitrogens with zero attached hydrogens (tertiary/aromatic N) is 2. The number of nitrogens with one attached hydrogen (secondary N) is 2. The Bertz CT molecular complexity index is 601. The van der Waals surface area contributed by atoms with E-state index in [1.54, 1.807) is 18.3 Å². The molecule has 0 amide bonds. The van der Waals surface area contributed by atoms with Gasteiger partial charge in [0.05, 0.1) is 3.57 Å². The third kappa shape index (κ3) is 3.31. The first-order valence-electron chi connectivity index (χ1n) is 6.02. The first kappa shape index (κ1) is 12.6. The Kier molecular flexibility index (Phi) is 3.50. The zero-order valence-electron chi connectivity index (χ0n) is 10.0. The summed E-state index contributed by atoms with van der Waals surface area (Å²) in [5.74, 6) is 1.01. The quantitative estimate of drug-likeness (QED) is 0.809. The fourth-order valence-electron chi connectivity index (χ4n) is 1.64. The number of hydrogen-bond donors (Lipinski definition) is 2. The molecule has 0 aliphatic heterocycles. The van der Waals surface area contributed by atoms with Crippen LogP contribution in [0.4, 0.5) is 21.8 Å². The summed E-state index contributed by atoms with van der Waals surface area (Å²) in [6.07, 6.45) is 4.12. The van der Waals surface area contributed by atoms with Gasteiger partial charge in [-0.15, -0.1) is 0 Å². The first-order chi connectivity index (χ1) is 9.20. The van der Waals surface area contributed by atoms with Crippen molar-refractivity contribution in [1.82, 2.24) is 9.97 Å². The van der Waals surface area contributed by atoms with Crippen molar-refractivity contribution in [3.63, 3.8) is 0 Å². The molecule has 1 heterocycles. The Morgan fingerprint density at radius 1 is 1.32 bits per heavy atom.